The first-order valence-electron chi connectivity index (χ1n) is 10.2. The molecule has 0 heterocycles. The summed E-state index contributed by atoms with van der Waals surface area (Å²) in [6.07, 6.45) is 13.7. The number of carbonyl (C=O) groups excluding carboxylic acids is 1. The van der Waals surface area contributed by atoms with Gasteiger partial charge in [-0.05, 0) is 19.4 Å². The maximum atomic E-state index is 11.8. The molecule has 0 saturated carbocycles. The van der Waals surface area contributed by atoms with Crippen molar-refractivity contribution in [1.29, 1.82) is 0 Å². The van der Waals surface area contributed by atoms with Gasteiger partial charge in [0, 0.05) is 0 Å². The Kier molecular flexibility index (Phi) is 16.9. The van der Waals surface area contributed by atoms with Gasteiger partial charge in [0.2, 0.25) is 0 Å². The number of unbranched alkanes of at least 4 members (excludes halogenated alkanes) is 10. The number of ether oxygens (including phenoxy) is 1. The van der Waals surface area contributed by atoms with Crippen LogP contribution in [-0.4, -0.2) is 36.2 Å². The average Bonchev–Trinajstić information content (AvgIpc) is 2.59. The van der Waals surface area contributed by atoms with Crippen molar-refractivity contribution in [3.8, 4) is 0 Å². The van der Waals surface area contributed by atoms with Crippen LogP contribution in [0.5, 0.6) is 0 Å². The number of hydrogen-bond donors (Lipinski definition) is 2. The van der Waals surface area contributed by atoms with Crippen molar-refractivity contribution in [2.75, 3.05) is 13.2 Å². The third-order valence-electron chi connectivity index (χ3n) is 4.35. The Morgan fingerprint density at radius 1 is 0.840 bits per heavy atom. The average molecular weight is 358 g/mol. The predicted octanol–water partition coefficient (Wildman–Crippen LogP) is 4.68. The van der Waals surface area contributed by atoms with Crippen LogP contribution in [0.2, 0.25) is 0 Å². The van der Waals surface area contributed by atoms with Crippen LogP contribution < -0.4 is 5.32 Å². The van der Waals surface area contributed by atoms with E-state index in [9.17, 15) is 14.7 Å². The highest BCUT2D eigenvalue weighted by atomic mass is 16.5. The lowest BCUT2D eigenvalue weighted by atomic mass is 10.1. The fourth-order valence-corrected chi connectivity index (χ4v) is 2.72. The van der Waals surface area contributed by atoms with Crippen molar-refractivity contribution in [3.63, 3.8) is 0 Å². The molecule has 5 heteroatoms. The molecule has 0 aromatic carbocycles. The van der Waals surface area contributed by atoms with E-state index in [-0.39, 0.29) is 6.42 Å². The van der Waals surface area contributed by atoms with Gasteiger partial charge in [-0.1, -0.05) is 78.1 Å². The zero-order valence-electron chi connectivity index (χ0n) is 16.4. The highest BCUT2D eigenvalue weighted by Gasteiger charge is 2.21. The van der Waals surface area contributed by atoms with Gasteiger partial charge in [-0.3, -0.25) is 9.59 Å². The number of carboxylic acids is 1. The zero-order valence-corrected chi connectivity index (χ0v) is 16.4. The van der Waals surface area contributed by atoms with Gasteiger partial charge in [-0.2, -0.15) is 0 Å². The molecule has 0 amide bonds. The molecule has 0 radical (unpaired) electrons. The number of esters is 1. The molecule has 5 nitrogen and oxygen atoms in total. The van der Waals surface area contributed by atoms with Crippen LogP contribution in [0.15, 0.2) is 0 Å². The van der Waals surface area contributed by atoms with Crippen molar-refractivity contribution in [2.45, 2.75) is 103 Å². The molecule has 0 aliphatic heterocycles. The zero-order chi connectivity index (χ0) is 18.8. The van der Waals surface area contributed by atoms with Gasteiger partial charge in [-0.15, -0.1) is 0 Å². The number of hydrogen-bond acceptors (Lipinski definition) is 4. The Hall–Kier alpha value is -1.10. The van der Waals surface area contributed by atoms with E-state index in [4.69, 9.17) is 4.74 Å². The summed E-state index contributed by atoms with van der Waals surface area (Å²) in [5, 5.41) is 12.2. The van der Waals surface area contributed by atoms with Gasteiger partial charge in [0.25, 0.3) is 0 Å². The molecule has 25 heavy (non-hydrogen) atoms. The quantitative estimate of drug-likeness (QED) is 0.275. The van der Waals surface area contributed by atoms with Gasteiger partial charge in [0.05, 0.1) is 13.0 Å². The first kappa shape index (κ1) is 23.9. The largest absolute Gasteiger partial charge is 0.480 e. The van der Waals surface area contributed by atoms with Crippen LogP contribution in [0.25, 0.3) is 0 Å². The lowest BCUT2D eigenvalue weighted by Gasteiger charge is -2.14. The Morgan fingerprint density at radius 2 is 1.36 bits per heavy atom. The van der Waals surface area contributed by atoms with Crippen LogP contribution in [-0.2, 0) is 14.3 Å². The van der Waals surface area contributed by atoms with E-state index in [0.717, 1.165) is 25.7 Å². The standard InChI is InChI=1S/C20H39NO4/c1-3-5-7-9-11-13-15-21-18(20(23)24)17-19(22)25-16-14-12-10-8-6-4-2/h18,21H,3-17H2,1-2H3,(H,23,24). The van der Waals surface area contributed by atoms with Gasteiger partial charge in [0.15, 0.2) is 0 Å². The van der Waals surface area contributed by atoms with Gasteiger partial charge < -0.3 is 15.2 Å². The predicted molar refractivity (Wildman–Crippen MR) is 102 cm³/mol. The number of rotatable bonds is 18. The number of nitrogens with one attached hydrogen (secondary N) is 1. The minimum atomic E-state index is -0.984. The molecule has 148 valence electrons. The second-order valence-electron chi connectivity index (χ2n) is 6.81. The minimum Gasteiger partial charge on any atom is -0.480 e. The molecule has 0 aliphatic carbocycles. The monoisotopic (exact) mass is 357 g/mol. The Labute approximate surface area is 153 Å². The normalized spacial score (nSPS) is 12.1. The molecule has 0 saturated heterocycles. The Morgan fingerprint density at radius 3 is 1.92 bits per heavy atom. The van der Waals surface area contributed by atoms with Crippen LogP contribution in [0.4, 0.5) is 0 Å². The van der Waals surface area contributed by atoms with E-state index >= 15 is 0 Å². The fourth-order valence-electron chi connectivity index (χ4n) is 2.72. The van der Waals surface area contributed by atoms with Crippen molar-refractivity contribution in [3.05, 3.63) is 0 Å². The van der Waals surface area contributed by atoms with Crippen molar-refractivity contribution in [2.24, 2.45) is 0 Å². The first-order valence-corrected chi connectivity index (χ1v) is 10.2. The van der Waals surface area contributed by atoms with E-state index in [1.807, 2.05) is 0 Å². The second kappa shape index (κ2) is 17.7. The highest BCUT2D eigenvalue weighted by Crippen LogP contribution is 2.06. The van der Waals surface area contributed by atoms with E-state index in [1.165, 1.54) is 51.4 Å². The summed E-state index contributed by atoms with van der Waals surface area (Å²) in [7, 11) is 0. The van der Waals surface area contributed by atoms with Crippen LogP contribution >= 0.6 is 0 Å². The molecule has 0 aromatic heterocycles. The molecular formula is C20H39NO4. The van der Waals surface area contributed by atoms with Crippen LogP contribution in [0.3, 0.4) is 0 Å². The number of aliphatic carboxylic acids is 1. The maximum Gasteiger partial charge on any atom is 0.321 e. The molecule has 2 N–H and O–H groups in total. The molecule has 0 fully saturated rings. The minimum absolute atomic E-state index is 0.0962. The van der Waals surface area contributed by atoms with E-state index < -0.39 is 18.0 Å². The van der Waals surface area contributed by atoms with Crippen LogP contribution in [0, 0.1) is 0 Å². The summed E-state index contributed by atoms with van der Waals surface area (Å²) in [5.74, 6) is -1.40. The van der Waals surface area contributed by atoms with Gasteiger partial charge in [0.1, 0.15) is 6.04 Å². The fraction of sp³-hybridized carbons (Fsp3) is 0.900. The molecule has 0 rings (SSSR count). The van der Waals surface area contributed by atoms with E-state index in [2.05, 4.69) is 19.2 Å². The van der Waals surface area contributed by atoms with Gasteiger partial charge >= 0.3 is 11.9 Å². The highest BCUT2D eigenvalue weighted by molar-refractivity contribution is 5.81. The van der Waals surface area contributed by atoms with E-state index in [0.29, 0.717) is 13.2 Å². The summed E-state index contributed by atoms with van der Waals surface area (Å²) >= 11 is 0. The molecule has 0 aliphatic rings. The van der Waals surface area contributed by atoms with Gasteiger partial charge in [-0.25, -0.2) is 0 Å². The van der Waals surface area contributed by atoms with E-state index in [1.54, 1.807) is 0 Å². The van der Waals surface area contributed by atoms with Crippen LogP contribution in [0.1, 0.15) is 97.3 Å². The maximum absolute atomic E-state index is 11.8. The smallest absolute Gasteiger partial charge is 0.321 e. The molecule has 1 unspecified atom stereocenters. The third-order valence-corrected chi connectivity index (χ3v) is 4.35. The van der Waals surface area contributed by atoms with Crippen molar-refractivity contribution < 1.29 is 19.4 Å². The summed E-state index contributed by atoms with van der Waals surface area (Å²) in [4.78, 5) is 23.0. The molecular weight excluding hydrogens is 318 g/mol. The summed E-state index contributed by atoms with van der Waals surface area (Å²) < 4.78 is 5.16. The molecule has 1 atom stereocenters. The molecule has 0 spiro atoms. The van der Waals surface area contributed by atoms with Crippen molar-refractivity contribution >= 4 is 11.9 Å². The Balaban J connectivity index is 3.72. The first-order chi connectivity index (χ1) is 12.1. The number of carboxylic acid groups (broad SMARTS) is 1. The second-order valence-corrected chi connectivity index (χ2v) is 6.81. The topological polar surface area (TPSA) is 75.6 Å². The summed E-state index contributed by atoms with van der Waals surface area (Å²) in [6.45, 7) is 5.40. The number of carbonyl (C=O) groups is 2. The summed E-state index contributed by atoms with van der Waals surface area (Å²) in [6, 6.07) is -0.840. The third kappa shape index (κ3) is 16.1. The lowest BCUT2D eigenvalue weighted by molar-refractivity contribution is -0.149. The lowest BCUT2D eigenvalue weighted by Crippen LogP contribution is -2.39. The Bertz CT molecular complexity index is 334. The molecule has 0 bridgehead atoms. The van der Waals surface area contributed by atoms with Crippen molar-refractivity contribution in [1.82, 2.24) is 5.32 Å². The molecule has 0 aromatic rings. The summed E-state index contributed by atoms with van der Waals surface area (Å²) in [5.41, 5.74) is 0. The SMILES string of the molecule is CCCCCCCCNC(CC(=O)OCCCCCCCC)C(=O)O.